The molecular weight excluding hydrogens is 1000 g/mol. The number of hydrogen-bond donors (Lipinski definition) is 17. The number of aromatic hydroxyl groups is 1. The van der Waals surface area contributed by atoms with Gasteiger partial charge >= 0.3 is 5.97 Å². The first-order valence-electron chi connectivity index (χ1n) is 25.4. The summed E-state index contributed by atoms with van der Waals surface area (Å²) in [6.45, 7) is 10.0. The summed E-state index contributed by atoms with van der Waals surface area (Å²) in [5.74, 6) is -10.7. The van der Waals surface area contributed by atoms with Crippen LogP contribution in [0.25, 0.3) is 0 Å². The zero-order valence-electron chi connectivity index (χ0n) is 44.5. The van der Waals surface area contributed by atoms with Crippen LogP contribution in [0, 0.1) is 23.2 Å². The summed E-state index contributed by atoms with van der Waals surface area (Å²) >= 11 is 0. The number of guanidine groups is 1. The number of aromatic amines is 1. The van der Waals surface area contributed by atoms with Crippen LogP contribution in [-0.4, -0.2) is 153 Å². The fourth-order valence-corrected chi connectivity index (χ4v) is 7.53. The molecule has 1 heterocycles. The predicted molar refractivity (Wildman–Crippen MR) is 281 cm³/mol. The number of aliphatic carboxylic acids is 1. The van der Waals surface area contributed by atoms with Gasteiger partial charge in [0.05, 0.1) is 31.0 Å². The van der Waals surface area contributed by atoms with Gasteiger partial charge in [0.2, 0.25) is 53.2 Å². The second-order valence-electron chi connectivity index (χ2n) is 19.7. The van der Waals surface area contributed by atoms with Crippen LogP contribution >= 0.6 is 0 Å². The molecule has 428 valence electrons. The number of hydrogen-bond acceptors (Lipinski definition) is 15. The molecule has 0 bridgehead atoms. The third-order valence-electron chi connectivity index (χ3n) is 11.9. The molecule has 28 heteroatoms. The van der Waals surface area contributed by atoms with Crippen molar-refractivity contribution in [2.45, 2.75) is 148 Å². The van der Waals surface area contributed by atoms with Gasteiger partial charge in [-0.05, 0) is 80.5 Å². The van der Waals surface area contributed by atoms with E-state index in [2.05, 4.69) is 57.8 Å². The number of carboxylic acid groups (broad SMARTS) is 1. The number of H-pyrrole nitrogens is 1. The maximum absolute atomic E-state index is 14.5. The lowest BCUT2D eigenvalue weighted by atomic mass is 9.99. The molecule has 0 fully saturated rings. The smallest absolute Gasteiger partial charge is 0.326 e. The minimum atomic E-state index is -1.71. The number of imidazole rings is 1. The van der Waals surface area contributed by atoms with Gasteiger partial charge in [-0.1, -0.05) is 53.7 Å². The highest BCUT2D eigenvalue weighted by Crippen LogP contribution is 2.15. The molecule has 1 aromatic heterocycles. The molecule has 1 aromatic carbocycles. The number of primary amides is 1. The van der Waals surface area contributed by atoms with E-state index in [4.69, 9.17) is 28.3 Å². The molecule has 0 unspecified atom stereocenters. The van der Waals surface area contributed by atoms with Crippen molar-refractivity contribution in [3.8, 4) is 5.75 Å². The molecule has 9 amide bonds. The Labute approximate surface area is 447 Å². The molecular formula is C49H80N16O12. The molecule has 8 atom stereocenters. The second-order valence-corrected chi connectivity index (χ2v) is 19.7. The van der Waals surface area contributed by atoms with Gasteiger partial charge in [-0.25, -0.2) is 9.78 Å². The Balaban J connectivity index is 2.50. The second kappa shape index (κ2) is 33.2. The fourth-order valence-electron chi connectivity index (χ4n) is 7.53. The van der Waals surface area contributed by atoms with E-state index in [0.29, 0.717) is 30.6 Å². The third kappa shape index (κ3) is 24.6. The summed E-state index contributed by atoms with van der Waals surface area (Å²) in [4.78, 5) is 141. The maximum Gasteiger partial charge on any atom is 0.326 e. The van der Waals surface area contributed by atoms with Crippen LogP contribution in [0.5, 0.6) is 5.75 Å². The fraction of sp³-hybridized carbons (Fsp3) is 0.592. The Bertz CT molecular complexity index is 2300. The third-order valence-corrected chi connectivity index (χ3v) is 11.9. The molecule has 0 aliphatic heterocycles. The van der Waals surface area contributed by atoms with E-state index in [-0.39, 0.29) is 62.7 Å². The lowest BCUT2D eigenvalue weighted by molar-refractivity contribution is -0.142. The van der Waals surface area contributed by atoms with Crippen LogP contribution in [0.15, 0.2) is 36.8 Å². The number of nitrogens with zero attached hydrogens (tertiary/aromatic N) is 1. The summed E-state index contributed by atoms with van der Waals surface area (Å²) in [5.41, 5.74) is 23.2. The van der Waals surface area contributed by atoms with Crippen LogP contribution < -0.4 is 70.8 Å². The van der Waals surface area contributed by atoms with Crippen molar-refractivity contribution in [2.24, 2.45) is 40.7 Å². The van der Waals surface area contributed by atoms with Gasteiger partial charge < -0.3 is 86.0 Å². The maximum atomic E-state index is 14.5. The summed E-state index contributed by atoms with van der Waals surface area (Å²) in [7, 11) is 0. The van der Waals surface area contributed by atoms with Crippen molar-refractivity contribution in [3.63, 3.8) is 0 Å². The number of unbranched alkanes of at least 4 members (excludes halogenated alkanes) is 1. The molecule has 2 aromatic rings. The molecule has 2 rings (SSSR count). The zero-order chi connectivity index (χ0) is 57.9. The average Bonchev–Trinajstić information content (AvgIpc) is 3.87. The first-order valence-corrected chi connectivity index (χ1v) is 25.4. The molecule has 28 nitrogen and oxygen atoms in total. The molecule has 0 aliphatic carbocycles. The number of carbonyl (C=O) groups is 10. The normalized spacial score (nSPS) is 14.3. The Morgan fingerprint density at radius 1 is 0.636 bits per heavy atom. The highest BCUT2D eigenvalue weighted by Gasteiger charge is 2.36. The first-order chi connectivity index (χ1) is 36.2. The van der Waals surface area contributed by atoms with Crippen molar-refractivity contribution in [1.29, 1.82) is 5.41 Å². The largest absolute Gasteiger partial charge is 0.508 e. The van der Waals surface area contributed by atoms with Crippen LogP contribution in [-0.2, 0) is 60.8 Å². The molecule has 77 heavy (non-hydrogen) atoms. The number of carbonyl (C=O) groups excluding carboxylic acids is 9. The summed E-state index contributed by atoms with van der Waals surface area (Å²) in [5, 5.41) is 49.9. The highest BCUT2D eigenvalue weighted by atomic mass is 16.4. The van der Waals surface area contributed by atoms with Crippen molar-refractivity contribution >= 4 is 65.1 Å². The average molecular weight is 1090 g/mol. The van der Waals surface area contributed by atoms with Crippen molar-refractivity contribution in [3.05, 3.63) is 48.0 Å². The summed E-state index contributed by atoms with van der Waals surface area (Å²) < 4.78 is 0. The minimum Gasteiger partial charge on any atom is -0.508 e. The van der Waals surface area contributed by atoms with Gasteiger partial charge in [0.15, 0.2) is 5.96 Å². The zero-order valence-corrected chi connectivity index (χ0v) is 44.5. The van der Waals surface area contributed by atoms with Crippen molar-refractivity contribution < 1.29 is 58.2 Å². The lowest BCUT2D eigenvalue weighted by Gasteiger charge is -2.29. The summed E-state index contributed by atoms with van der Waals surface area (Å²) in [6, 6.07) is -5.13. The highest BCUT2D eigenvalue weighted by molar-refractivity contribution is 5.98. The van der Waals surface area contributed by atoms with Gasteiger partial charge in [0.25, 0.3) is 0 Å². The van der Waals surface area contributed by atoms with Gasteiger partial charge in [-0.15, -0.1) is 0 Å². The van der Waals surface area contributed by atoms with Gasteiger partial charge in [0.1, 0.15) is 48.0 Å². The van der Waals surface area contributed by atoms with Gasteiger partial charge in [-0.3, -0.25) is 48.6 Å². The quantitative estimate of drug-likeness (QED) is 0.0180. The lowest BCUT2D eigenvalue weighted by Crippen LogP contribution is -2.61. The van der Waals surface area contributed by atoms with Crippen molar-refractivity contribution in [2.75, 3.05) is 19.6 Å². The van der Waals surface area contributed by atoms with Crippen LogP contribution in [0.2, 0.25) is 0 Å². The Morgan fingerprint density at radius 2 is 1.19 bits per heavy atom. The number of nitrogens with two attached hydrogens (primary N) is 4. The Hall–Kier alpha value is -7.88. The minimum absolute atomic E-state index is 0.0139. The van der Waals surface area contributed by atoms with E-state index in [1.54, 1.807) is 41.5 Å². The van der Waals surface area contributed by atoms with Gasteiger partial charge in [-0.2, -0.15) is 0 Å². The number of nitrogens with one attached hydrogen (secondary N) is 11. The standard InChI is InChI=1S/C49H80N16O12/c1-25(2)18-33(61-45(73)35(20-29-22-55-24-58-29)64-47(75)40(27(5)6)65-46(74)39(52)26(3)4)43(71)62-34(19-28-12-14-30(66)15-13-28)44(72)60-31(11-9-17-56-49(53)54)42(70)63-36(21-37(51)67)41(69)57-23-38(68)59-32(48(76)77)10-7-8-16-50/h12-15,22,24-27,31-36,39-40,66H,7-11,16-21,23,50,52H2,1-6H3,(H2,51,67)(H,55,58)(H,57,69)(H,59,68)(H,60,72)(H,61,73)(H,62,71)(H,63,70)(H,64,75)(H,65,74)(H,76,77)(H4,53,54,56)/t31-,32-,33-,34-,35-,36-,39-,40-/m0/s1. The van der Waals surface area contributed by atoms with Crippen molar-refractivity contribution in [1.82, 2.24) is 57.8 Å². The Kier molecular flexibility index (Phi) is 28.1. The number of phenolic OH excluding ortho intramolecular Hbond substituents is 1. The van der Waals surface area contributed by atoms with E-state index in [9.17, 15) is 58.2 Å². The van der Waals surface area contributed by atoms with E-state index < -0.39 is 132 Å². The molecule has 21 N–H and O–H groups in total. The summed E-state index contributed by atoms with van der Waals surface area (Å²) in [6.07, 6.45) is 2.56. The number of phenols is 1. The number of benzene rings is 1. The Morgan fingerprint density at radius 3 is 1.74 bits per heavy atom. The predicted octanol–water partition coefficient (Wildman–Crippen LogP) is -3.55. The topological polar surface area (TPSA) is 476 Å². The molecule has 0 spiro atoms. The van der Waals surface area contributed by atoms with Crippen LogP contribution in [0.4, 0.5) is 0 Å². The first kappa shape index (κ1) is 65.2. The number of aromatic nitrogens is 2. The molecule has 0 saturated carbocycles. The van der Waals surface area contributed by atoms with E-state index >= 15 is 0 Å². The van der Waals surface area contributed by atoms with E-state index in [0.717, 1.165) is 0 Å². The van der Waals surface area contributed by atoms with Crippen LogP contribution in [0.1, 0.15) is 97.7 Å². The number of amides is 9. The number of rotatable bonds is 35. The molecule has 0 saturated heterocycles. The molecule has 0 radical (unpaired) electrons. The monoisotopic (exact) mass is 1080 g/mol. The molecule has 0 aliphatic rings. The van der Waals surface area contributed by atoms with Crippen LogP contribution in [0.3, 0.4) is 0 Å². The van der Waals surface area contributed by atoms with E-state index in [1.165, 1.54) is 36.8 Å². The number of carboxylic acids is 1. The van der Waals surface area contributed by atoms with E-state index in [1.807, 2.05) is 0 Å². The SMILES string of the molecule is CC(C)C[C@H](NC(=O)[C@H](Cc1c[nH]cn1)NC(=O)[C@@H](NC(=O)[C@@H](N)C(C)C)C(C)C)C(=O)N[C@@H](Cc1ccc(O)cc1)C(=O)N[C@@H](CCCNC(=N)N)C(=O)N[C@@H](CC(N)=O)C(=O)NCC(=O)N[C@@H](CCCCN)C(=O)O. The van der Waals surface area contributed by atoms with Gasteiger partial charge in [0, 0.05) is 25.6 Å².